The fourth-order valence-electron chi connectivity index (χ4n) is 8.47. The zero-order chi connectivity index (χ0) is 65.7. The number of aryl methyl sites for hydroxylation is 1. The van der Waals surface area contributed by atoms with Gasteiger partial charge in [-0.3, -0.25) is 41.3 Å². The highest BCUT2D eigenvalue weighted by Crippen LogP contribution is 2.46. The minimum atomic E-state index is -5.37. The molecule has 0 bridgehead atoms. The van der Waals surface area contributed by atoms with Crippen LogP contribution in [0, 0.1) is 25.2 Å². The molecule has 0 saturated heterocycles. The molecule has 8 aromatic rings. The van der Waals surface area contributed by atoms with E-state index >= 15 is 0 Å². The van der Waals surface area contributed by atoms with E-state index in [1.54, 1.807) is 0 Å². The van der Waals surface area contributed by atoms with Gasteiger partial charge in [0, 0.05) is 41.1 Å². The number of thioether (sulfide) groups is 1. The number of nitrogens with zero attached hydrogens (tertiary/aromatic N) is 10. The van der Waals surface area contributed by atoms with Crippen molar-refractivity contribution in [3.05, 3.63) is 71.3 Å². The first kappa shape index (κ1) is 66.8. The largest absolute Gasteiger partial charge is 0.493 e. The van der Waals surface area contributed by atoms with Crippen LogP contribution in [0.2, 0.25) is 0 Å². The van der Waals surface area contributed by atoms with E-state index in [1.807, 2.05) is 6.07 Å². The molecule has 8 rings (SSSR count). The number of carbonyl (C=O) groups is 2. The van der Waals surface area contributed by atoms with Crippen LogP contribution in [0.25, 0.3) is 37.7 Å². The van der Waals surface area contributed by atoms with Crippen molar-refractivity contribution in [1.82, 2.24) is 14.4 Å². The summed E-state index contributed by atoms with van der Waals surface area (Å²) in [4.78, 5) is 29.4. The number of nitrogens with one attached hydrogen (secondary N) is 2. The summed E-state index contributed by atoms with van der Waals surface area (Å²) < 4.78 is 211. The van der Waals surface area contributed by atoms with E-state index in [9.17, 15) is 97.8 Å². The maximum Gasteiger partial charge on any atom is 0.296 e. The highest BCUT2D eigenvalue weighted by Gasteiger charge is 2.29. The Balaban J connectivity index is 1.25. The molecule has 0 radical (unpaired) electrons. The molecular weight excluding hydrogens is 1340 g/mol. The van der Waals surface area contributed by atoms with Gasteiger partial charge in [0.1, 0.15) is 60.2 Å². The third-order valence-corrected chi connectivity index (χ3v) is 19.4. The van der Waals surface area contributed by atoms with Crippen LogP contribution in [0.3, 0.4) is 0 Å². The molecule has 0 unspecified atom stereocenters. The fraction of sp³-hybridized carbons (Fsp3) is 0.213. The number of hydrogen-bond acceptors (Lipinski definition) is 27. The number of aromatic nitrogens is 3. The molecule has 0 fully saturated rings. The van der Waals surface area contributed by atoms with Gasteiger partial charge in [0.25, 0.3) is 60.7 Å². The molecule has 0 aliphatic rings. The Morgan fingerprint density at radius 3 is 1.89 bits per heavy atom. The average molecular weight is 1380 g/mol. The molecule has 42 heteroatoms. The summed E-state index contributed by atoms with van der Waals surface area (Å²) in [6.07, 6.45) is -0.424. The molecule has 0 aliphatic heterocycles. The van der Waals surface area contributed by atoms with Crippen molar-refractivity contribution >= 4 is 178 Å². The van der Waals surface area contributed by atoms with E-state index in [-0.39, 0.29) is 108 Å². The van der Waals surface area contributed by atoms with Gasteiger partial charge in [0.15, 0.2) is 11.3 Å². The number of carbonyl (C=O) groups excluding carboxylic acids is 2. The number of thiazole rings is 1. The number of anilines is 2. The van der Waals surface area contributed by atoms with Crippen LogP contribution >= 0.6 is 23.1 Å². The second kappa shape index (κ2) is 25.0. The molecule has 3 aromatic heterocycles. The Morgan fingerprint density at radius 2 is 1.28 bits per heavy atom. The summed E-state index contributed by atoms with van der Waals surface area (Å²) in [5.41, 5.74) is -2.46. The molecule has 2 amide bonds. The second-order valence-electron chi connectivity index (χ2n) is 18.7. The number of azo groups is 3. The number of rotatable bonds is 22. The predicted molar refractivity (Wildman–Crippen MR) is 317 cm³/mol. The minimum Gasteiger partial charge on any atom is -0.493 e. The van der Waals surface area contributed by atoms with Crippen molar-refractivity contribution in [3.8, 4) is 17.7 Å². The SMILES string of the molecule is CC(=O)Nc1cc(N=Nc2cc(OCCCS(=O)(=O)O)c(N=Nc3c(C)c(C#N)c4nc5c(NC(C)=O)c(S(=O)(=O)O)ccc5n4c3O)cc2C)c(SCCCS(=O)(=O)O)cc1N=Nc1nc2c(S(=O)(=O)O)cc3c(S(=O)(=O)O)cc(S(=O)(=O)O)cc3c2s1. The highest BCUT2D eigenvalue weighted by atomic mass is 32.2. The smallest absolute Gasteiger partial charge is 0.296 e. The van der Waals surface area contributed by atoms with Gasteiger partial charge in [-0.05, 0) is 86.5 Å². The molecule has 9 N–H and O–H groups in total. The lowest BCUT2D eigenvalue weighted by atomic mass is 10.1. The third kappa shape index (κ3) is 15.3. The summed E-state index contributed by atoms with van der Waals surface area (Å²) in [5, 5.41) is 51.0. The number of benzene rings is 5. The first-order chi connectivity index (χ1) is 41.2. The lowest BCUT2D eigenvalue weighted by Crippen LogP contribution is -2.11. The van der Waals surface area contributed by atoms with Crippen molar-refractivity contribution in [2.45, 2.75) is 65.0 Å². The van der Waals surface area contributed by atoms with Gasteiger partial charge in [-0.15, -0.1) is 37.3 Å². The lowest BCUT2D eigenvalue weighted by Gasteiger charge is -2.13. The number of pyridine rings is 1. The lowest BCUT2D eigenvalue weighted by molar-refractivity contribution is -0.115. The molecule has 89 heavy (non-hydrogen) atoms. The van der Waals surface area contributed by atoms with E-state index in [4.69, 9.17) is 4.74 Å². The summed E-state index contributed by atoms with van der Waals surface area (Å²) in [7, 11) is -29.8. The molecule has 3 heterocycles. The third-order valence-electron chi connectivity index (χ3n) is 12.2. The van der Waals surface area contributed by atoms with Gasteiger partial charge in [-0.2, -0.15) is 60.9 Å². The molecule has 0 saturated carbocycles. The van der Waals surface area contributed by atoms with E-state index in [1.165, 1.54) is 38.1 Å². The zero-order valence-corrected chi connectivity index (χ0v) is 52.0. The molecule has 0 spiro atoms. The standard InChI is InChI=1S/C47H42N12O22S8/c1-21-13-32(55-57-40-22(2)28(20-48)45-51-41-34(59(45)46(40)62)7-8-37(87(72,73)74)42(41)50-24(4)61)35(81-9-5-11-84(63,64)65)18-29(21)53-56-33-17-30(49-23(3)60)31(19-36(33)82-10-6-12-85(66,67)68)54-58-47-52-43-39(89(78,79)80)16-26-27(44(43)83-47)14-25(86(69,70)71)15-38(26)88(75,76)77/h7-8,13-19,62H,5-6,9-12H2,1-4H3,(H,49,60)(H,50,61)(H,63,64,65)(H,66,67,68)(H,69,70,71)(H,72,73,74)(H,75,76,77)(H,78,79,80). The summed E-state index contributed by atoms with van der Waals surface area (Å²) in [6.45, 7) is 4.66. The average Bonchev–Trinajstić information content (AvgIpc) is 1.73. The van der Waals surface area contributed by atoms with Gasteiger partial charge >= 0.3 is 0 Å². The number of imidazole rings is 1. The molecule has 5 aromatic carbocycles. The summed E-state index contributed by atoms with van der Waals surface area (Å²) in [6, 6.07) is 10.8. The van der Waals surface area contributed by atoms with Crippen molar-refractivity contribution in [3.63, 3.8) is 0 Å². The van der Waals surface area contributed by atoms with Crippen LogP contribution in [-0.4, -0.2) is 133 Å². The Morgan fingerprint density at radius 1 is 0.663 bits per heavy atom. The number of fused-ring (bicyclic) bond motifs is 6. The molecule has 34 nitrogen and oxygen atoms in total. The van der Waals surface area contributed by atoms with Crippen LogP contribution in [0.15, 0.2) is 110 Å². The first-order valence-corrected chi connectivity index (χ1v) is 35.2. The number of amides is 2. The maximum atomic E-state index is 12.7. The van der Waals surface area contributed by atoms with Crippen molar-refractivity contribution in [2.24, 2.45) is 30.7 Å². The van der Waals surface area contributed by atoms with Gasteiger partial charge in [-0.1, -0.05) is 11.3 Å². The van der Waals surface area contributed by atoms with Crippen LogP contribution < -0.4 is 15.4 Å². The number of nitriles is 1. The molecular formula is C47H42N12O22S8. The number of aromatic hydroxyl groups is 1. The van der Waals surface area contributed by atoms with Crippen LogP contribution in [0.5, 0.6) is 11.6 Å². The van der Waals surface area contributed by atoms with Crippen molar-refractivity contribution < 1.29 is 97.3 Å². The summed E-state index contributed by atoms with van der Waals surface area (Å²) >= 11 is 1.39. The zero-order valence-electron chi connectivity index (χ0n) is 45.4. The Hall–Kier alpha value is -8.16. The number of hydrogen-bond donors (Lipinski definition) is 9. The maximum absolute atomic E-state index is 12.7. The van der Waals surface area contributed by atoms with Crippen LogP contribution in [-0.2, 0) is 70.3 Å². The topological polar surface area (TPSA) is 542 Å². The summed E-state index contributed by atoms with van der Waals surface area (Å²) in [5.74, 6) is -3.81. The Labute approximate surface area is 511 Å². The van der Waals surface area contributed by atoms with E-state index in [2.05, 4.69) is 51.3 Å². The van der Waals surface area contributed by atoms with Crippen molar-refractivity contribution in [1.29, 1.82) is 5.26 Å². The Bertz CT molecular complexity index is 5220. The van der Waals surface area contributed by atoms with Crippen LogP contribution in [0.1, 0.15) is 43.4 Å². The van der Waals surface area contributed by atoms with Crippen LogP contribution in [0.4, 0.5) is 44.9 Å². The van der Waals surface area contributed by atoms with Gasteiger partial charge in [0.2, 0.25) is 22.8 Å². The fourth-order valence-corrected chi connectivity index (χ4v) is 14.2. The van der Waals surface area contributed by atoms with E-state index in [0.29, 0.717) is 23.5 Å². The number of ether oxygens (including phenoxy) is 1. The second-order valence-corrected chi connectivity index (χ2v) is 29.6. The normalized spacial score (nSPS) is 13.0. The first-order valence-electron chi connectivity index (χ1n) is 24.4. The molecule has 0 aliphatic carbocycles. The van der Waals surface area contributed by atoms with Gasteiger partial charge in [-0.25, -0.2) is 9.97 Å². The molecule has 470 valence electrons. The monoisotopic (exact) mass is 1380 g/mol. The van der Waals surface area contributed by atoms with E-state index < -0.39 is 137 Å². The van der Waals surface area contributed by atoms with Crippen molar-refractivity contribution in [2.75, 3.05) is 34.5 Å². The van der Waals surface area contributed by atoms with Gasteiger partial charge in [0.05, 0.1) is 50.3 Å². The molecule has 0 atom stereocenters. The Kier molecular flexibility index (Phi) is 18.8. The predicted octanol–water partition coefficient (Wildman–Crippen LogP) is 8.62. The minimum absolute atomic E-state index is 0.0114. The van der Waals surface area contributed by atoms with Gasteiger partial charge < -0.3 is 20.5 Å². The quantitative estimate of drug-likeness (QED) is 0.0133. The van der Waals surface area contributed by atoms with E-state index in [0.717, 1.165) is 48.2 Å². The highest BCUT2D eigenvalue weighted by molar-refractivity contribution is 7.99.